The second-order valence-electron chi connectivity index (χ2n) is 9.84. The summed E-state index contributed by atoms with van der Waals surface area (Å²) in [5.41, 5.74) is 4.71. The smallest absolute Gasteiger partial charge is 0.410 e. The standard InChI is InChI=1S/C24H41N5O6/c1-3-33-20(30)15-24(21(31)34-4-2)8-13-27(14-9-24)16-19-17-29(23(32)35-19)12-7-18-5-10-28(11-6-18)22(25)26/h18-19H,3-17H2,1-2H3,(H3,25,26). The molecule has 1 atom stereocenters. The number of esters is 2. The highest BCUT2D eigenvalue weighted by Gasteiger charge is 2.45. The van der Waals surface area contributed by atoms with E-state index in [0.29, 0.717) is 51.5 Å². The van der Waals surface area contributed by atoms with Crippen LogP contribution in [0.2, 0.25) is 0 Å². The third-order valence-corrected chi connectivity index (χ3v) is 7.48. The Morgan fingerprint density at radius 2 is 1.77 bits per heavy atom. The molecule has 11 nitrogen and oxygen atoms in total. The fraction of sp³-hybridized carbons (Fsp3) is 0.833. The van der Waals surface area contributed by atoms with Gasteiger partial charge in [0.1, 0.15) is 6.10 Å². The van der Waals surface area contributed by atoms with Gasteiger partial charge in [-0.05, 0) is 65.0 Å². The summed E-state index contributed by atoms with van der Waals surface area (Å²) in [5, 5.41) is 7.54. The fourth-order valence-corrected chi connectivity index (χ4v) is 5.33. The number of ether oxygens (including phenoxy) is 3. The minimum Gasteiger partial charge on any atom is -0.466 e. The first-order chi connectivity index (χ1) is 16.8. The number of guanidine groups is 1. The summed E-state index contributed by atoms with van der Waals surface area (Å²) in [6.07, 6.45) is 3.46. The zero-order chi connectivity index (χ0) is 25.4. The highest BCUT2D eigenvalue weighted by molar-refractivity contribution is 5.83. The SMILES string of the molecule is CCOC(=O)CC1(C(=O)OCC)CCN(CC2CN(CCC3CCN(C(=N)N)CC3)C(=O)O2)CC1. The van der Waals surface area contributed by atoms with Gasteiger partial charge in [-0.3, -0.25) is 19.9 Å². The van der Waals surface area contributed by atoms with Crippen LogP contribution in [-0.4, -0.2) is 104 Å². The first-order valence-electron chi connectivity index (χ1n) is 12.9. The molecule has 3 N–H and O–H groups in total. The summed E-state index contributed by atoms with van der Waals surface area (Å²) in [6.45, 7) is 8.76. The molecule has 0 aliphatic carbocycles. The third kappa shape index (κ3) is 7.22. The van der Waals surface area contributed by atoms with Gasteiger partial charge in [0.15, 0.2) is 5.96 Å². The number of hydrogen-bond acceptors (Lipinski definition) is 8. The fourth-order valence-electron chi connectivity index (χ4n) is 5.33. The highest BCUT2D eigenvalue weighted by atomic mass is 16.6. The number of nitrogens with two attached hydrogens (primary N) is 1. The Balaban J connectivity index is 1.44. The maximum atomic E-state index is 12.7. The number of amides is 1. The minimum atomic E-state index is -0.852. The van der Waals surface area contributed by atoms with E-state index in [9.17, 15) is 14.4 Å². The molecule has 0 saturated carbocycles. The predicted molar refractivity (Wildman–Crippen MR) is 129 cm³/mol. The Morgan fingerprint density at radius 3 is 2.37 bits per heavy atom. The molecule has 0 aromatic carbocycles. The summed E-state index contributed by atoms with van der Waals surface area (Å²) < 4.78 is 16.0. The van der Waals surface area contributed by atoms with Crippen molar-refractivity contribution in [2.45, 2.75) is 58.5 Å². The quantitative estimate of drug-likeness (QED) is 0.199. The van der Waals surface area contributed by atoms with Gasteiger partial charge in [-0.2, -0.15) is 0 Å². The van der Waals surface area contributed by atoms with Crippen LogP contribution in [0.4, 0.5) is 4.79 Å². The van der Waals surface area contributed by atoms with Gasteiger partial charge in [0, 0.05) is 26.2 Å². The molecule has 35 heavy (non-hydrogen) atoms. The normalized spacial score (nSPS) is 23.1. The van der Waals surface area contributed by atoms with Gasteiger partial charge in [-0.15, -0.1) is 0 Å². The molecule has 0 aromatic rings. The van der Waals surface area contributed by atoms with Crippen molar-refractivity contribution in [3.63, 3.8) is 0 Å². The number of cyclic esters (lactones) is 1. The Bertz CT molecular complexity index is 762. The van der Waals surface area contributed by atoms with E-state index in [1.54, 1.807) is 18.7 Å². The monoisotopic (exact) mass is 495 g/mol. The maximum absolute atomic E-state index is 12.7. The molecule has 0 bridgehead atoms. The van der Waals surface area contributed by atoms with Gasteiger partial charge in [-0.25, -0.2) is 4.79 Å². The van der Waals surface area contributed by atoms with Crippen LogP contribution in [0.15, 0.2) is 0 Å². The molecule has 0 spiro atoms. The van der Waals surface area contributed by atoms with Gasteiger partial charge in [0.05, 0.1) is 31.6 Å². The van der Waals surface area contributed by atoms with Crippen molar-refractivity contribution in [3.05, 3.63) is 0 Å². The van der Waals surface area contributed by atoms with E-state index in [0.717, 1.165) is 32.4 Å². The van der Waals surface area contributed by atoms with Gasteiger partial charge >= 0.3 is 18.0 Å². The van der Waals surface area contributed by atoms with Gasteiger partial charge in [0.25, 0.3) is 0 Å². The average molecular weight is 496 g/mol. The second kappa shape index (κ2) is 12.4. The van der Waals surface area contributed by atoms with Crippen LogP contribution >= 0.6 is 0 Å². The van der Waals surface area contributed by atoms with Crippen molar-refractivity contribution in [3.8, 4) is 0 Å². The number of carbonyl (C=O) groups excluding carboxylic acids is 3. The Morgan fingerprint density at radius 1 is 1.11 bits per heavy atom. The number of likely N-dealkylation sites (tertiary alicyclic amines) is 2. The molecule has 3 rings (SSSR count). The van der Waals surface area contributed by atoms with Crippen LogP contribution in [-0.2, 0) is 23.8 Å². The van der Waals surface area contributed by atoms with Crippen molar-refractivity contribution in [2.24, 2.45) is 17.1 Å². The molecule has 3 aliphatic rings. The minimum absolute atomic E-state index is 0.0328. The summed E-state index contributed by atoms with van der Waals surface area (Å²) in [5.74, 6) is -0.0518. The highest BCUT2D eigenvalue weighted by Crippen LogP contribution is 2.37. The van der Waals surface area contributed by atoms with E-state index in [1.165, 1.54) is 0 Å². The summed E-state index contributed by atoms with van der Waals surface area (Å²) in [4.78, 5) is 43.1. The molecule has 1 amide bonds. The molecular formula is C24H41N5O6. The number of nitrogens with one attached hydrogen (secondary N) is 1. The lowest BCUT2D eigenvalue weighted by Gasteiger charge is -2.39. The molecular weight excluding hydrogens is 454 g/mol. The molecule has 3 fully saturated rings. The Hall–Kier alpha value is -2.56. The van der Waals surface area contributed by atoms with Crippen molar-refractivity contribution in [1.82, 2.24) is 14.7 Å². The van der Waals surface area contributed by atoms with Crippen LogP contribution in [0.3, 0.4) is 0 Å². The summed E-state index contributed by atoms with van der Waals surface area (Å²) in [6, 6.07) is 0. The first-order valence-corrected chi connectivity index (χ1v) is 12.9. The molecule has 1 unspecified atom stereocenters. The van der Waals surface area contributed by atoms with Gasteiger partial charge in [0.2, 0.25) is 0 Å². The largest absolute Gasteiger partial charge is 0.466 e. The van der Waals surface area contributed by atoms with Crippen molar-refractivity contribution < 1.29 is 28.6 Å². The summed E-state index contributed by atoms with van der Waals surface area (Å²) >= 11 is 0. The molecule has 0 aromatic heterocycles. The molecule has 3 heterocycles. The Kier molecular flexibility index (Phi) is 9.59. The van der Waals surface area contributed by atoms with E-state index >= 15 is 0 Å². The summed E-state index contributed by atoms with van der Waals surface area (Å²) in [7, 11) is 0. The lowest BCUT2D eigenvalue weighted by atomic mass is 9.75. The first kappa shape index (κ1) is 27.0. The average Bonchev–Trinajstić information content (AvgIpc) is 3.18. The predicted octanol–water partition coefficient (Wildman–Crippen LogP) is 1.40. The van der Waals surface area contributed by atoms with Crippen molar-refractivity contribution in [1.29, 1.82) is 5.41 Å². The van der Waals surface area contributed by atoms with Gasteiger partial charge in [-0.1, -0.05) is 0 Å². The van der Waals surface area contributed by atoms with E-state index < -0.39 is 5.41 Å². The number of nitrogens with zero attached hydrogens (tertiary/aromatic N) is 3. The van der Waals surface area contributed by atoms with E-state index in [2.05, 4.69) is 4.90 Å². The Labute approximate surface area is 207 Å². The zero-order valence-electron chi connectivity index (χ0n) is 21.1. The third-order valence-electron chi connectivity index (χ3n) is 7.48. The number of piperidine rings is 2. The van der Waals surface area contributed by atoms with Gasteiger partial charge < -0.3 is 29.7 Å². The van der Waals surface area contributed by atoms with E-state index in [4.69, 9.17) is 25.4 Å². The number of rotatable bonds is 10. The van der Waals surface area contributed by atoms with Crippen LogP contribution in [0, 0.1) is 16.7 Å². The molecule has 3 saturated heterocycles. The zero-order valence-corrected chi connectivity index (χ0v) is 21.1. The van der Waals surface area contributed by atoms with Crippen LogP contribution in [0.5, 0.6) is 0 Å². The van der Waals surface area contributed by atoms with Crippen molar-refractivity contribution >= 4 is 24.0 Å². The topological polar surface area (TPSA) is 138 Å². The van der Waals surface area contributed by atoms with E-state index in [1.807, 2.05) is 4.90 Å². The van der Waals surface area contributed by atoms with Crippen LogP contribution in [0.1, 0.15) is 52.4 Å². The molecule has 0 radical (unpaired) electrons. The number of hydrogen-bond donors (Lipinski definition) is 2. The number of carbonyl (C=O) groups is 3. The lowest BCUT2D eigenvalue weighted by Crippen LogP contribution is -2.48. The van der Waals surface area contributed by atoms with Crippen molar-refractivity contribution in [2.75, 3.05) is 59.0 Å². The molecule has 11 heteroatoms. The lowest BCUT2D eigenvalue weighted by molar-refractivity contribution is -0.165. The van der Waals surface area contributed by atoms with Crippen LogP contribution < -0.4 is 5.73 Å². The maximum Gasteiger partial charge on any atom is 0.410 e. The second-order valence-corrected chi connectivity index (χ2v) is 9.84. The van der Waals surface area contributed by atoms with E-state index in [-0.39, 0.29) is 49.7 Å². The van der Waals surface area contributed by atoms with Crippen LogP contribution in [0.25, 0.3) is 0 Å². The molecule has 198 valence electrons. The molecule has 3 aliphatic heterocycles.